The van der Waals surface area contributed by atoms with Gasteiger partial charge in [0.25, 0.3) is 0 Å². The number of halogens is 1. The summed E-state index contributed by atoms with van der Waals surface area (Å²) in [5.41, 5.74) is 0.690. The second-order valence-corrected chi connectivity index (χ2v) is 3.65. The van der Waals surface area contributed by atoms with E-state index in [1.165, 1.54) is 7.11 Å². The third-order valence-electron chi connectivity index (χ3n) is 1.72. The first-order valence-electron chi connectivity index (χ1n) is 4.17. The van der Waals surface area contributed by atoms with Gasteiger partial charge >= 0.3 is 5.97 Å². The number of hydrogen-bond donors (Lipinski definition) is 1. The highest BCUT2D eigenvalue weighted by molar-refractivity contribution is 9.10. The van der Waals surface area contributed by atoms with E-state index in [-0.39, 0.29) is 0 Å². The summed E-state index contributed by atoms with van der Waals surface area (Å²) >= 11 is 3.29. The highest BCUT2D eigenvalue weighted by atomic mass is 79.9. The third kappa shape index (κ3) is 3.26. The molecule has 78 valence electrons. The molecule has 0 heterocycles. The summed E-state index contributed by atoms with van der Waals surface area (Å²) < 4.78 is 5.40. The molecule has 0 amide bonds. The van der Waals surface area contributed by atoms with Crippen LogP contribution in [0.2, 0.25) is 0 Å². The predicted octanol–water partition coefficient (Wildman–Crippen LogP) is 1.93. The maximum atomic E-state index is 11.1. The lowest BCUT2D eigenvalue weighted by Crippen LogP contribution is -2.28. The zero-order valence-corrected chi connectivity index (χ0v) is 9.61. The van der Waals surface area contributed by atoms with Gasteiger partial charge in [0.2, 0.25) is 6.04 Å². The number of esters is 1. The van der Waals surface area contributed by atoms with Crippen LogP contribution in [0.1, 0.15) is 0 Å². The number of ether oxygens (including phenoxy) is 1. The summed E-state index contributed by atoms with van der Waals surface area (Å²) in [6.45, 7) is 0. The van der Waals surface area contributed by atoms with Crippen LogP contribution in [0.25, 0.3) is 0 Å². The Morgan fingerprint density at radius 3 is 2.60 bits per heavy atom. The van der Waals surface area contributed by atoms with Gasteiger partial charge in [0, 0.05) is 10.2 Å². The normalized spacial score (nSPS) is 11.3. The Labute approximate surface area is 96.0 Å². The molecule has 1 unspecified atom stereocenters. The van der Waals surface area contributed by atoms with E-state index in [1.54, 1.807) is 12.1 Å². The van der Waals surface area contributed by atoms with E-state index in [1.807, 2.05) is 18.2 Å². The Morgan fingerprint density at radius 1 is 1.53 bits per heavy atom. The monoisotopic (exact) mass is 268 g/mol. The molecular weight excluding hydrogens is 260 g/mol. The van der Waals surface area contributed by atoms with Gasteiger partial charge in [-0.2, -0.15) is 5.26 Å². The maximum Gasteiger partial charge on any atom is 0.343 e. The molecule has 1 N–H and O–H groups in total. The summed E-state index contributed by atoms with van der Waals surface area (Å²) in [5.74, 6) is -0.597. The summed E-state index contributed by atoms with van der Waals surface area (Å²) in [4.78, 5) is 11.1. The minimum absolute atomic E-state index is 0.597. The van der Waals surface area contributed by atoms with Crippen molar-refractivity contribution >= 4 is 27.6 Å². The molecule has 0 aliphatic rings. The average molecular weight is 269 g/mol. The molecule has 0 spiro atoms. The summed E-state index contributed by atoms with van der Waals surface area (Å²) in [7, 11) is 1.25. The number of carbonyl (C=O) groups excluding carboxylic acids is 1. The first kappa shape index (κ1) is 11.5. The largest absolute Gasteiger partial charge is 0.467 e. The Balaban J connectivity index is 2.72. The highest BCUT2D eigenvalue weighted by Gasteiger charge is 2.17. The molecule has 15 heavy (non-hydrogen) atoms. The van der Waals surface area contributed by atoms with Crippen molar-refractivity contribution in [1.82, 2.24) is 0 Å². The van der Waals surface area contributed by atoms with Gasteiger partial charge in [-0.25, -0.2) is 4.79 Å². The maximum absolute atomic E-state index is 11.1. The predicted molar refractivity (Wildman–Crippen MR) is 59.2 cm³/mol. The summed E-state index contributed by atoms with van der Waals surface area (Å²) in [5, 5.41) is 11.5. The van der Waals surface area contributed by atoms with Crippen LogP contribution in [0.3, 0.4) is 0 Å². The second-order valence-electron chi connectivity index (χ2n) is 2.74. The minimum Gasteiger partial charge on any atom is -0.467 e. The Kier molecular flexibility index (Phi) is 4.13. The fraction of sp³-hybridized carbons (Fsp3) is 0.200. The lowest BCUT2D eigenvalue weighted by Gasteiger charge is -2.10. The molecule has 1 rings (SSSR count). The first-order valence-corrected chi connectivity index (χ1v) is 4.96. The zero-order valence-electron chi connectivity index (χ0n) is 8.03. The fourth-order valence-corrected chi connectivity index (χ4v) is 1.24. The van der Waals surface area contributed by atoms with E-state index in [0.29, 0.717) is 5.69 Å². The van der Waals surface area contributed by atoms with Crippen LogP contribution < -0.4 is 5.32 Å². The number of benzene rings is 1. The molecule has 0 fully saturated rings. The van der Waals surface area contributed by atoms with Gasteiger partial charge in [0.15, 0.2) is 0 Å². The van der Waals surface area contributed by atoms with E-state index >= 15 is 0 Å². The van der Waals surface area contributed by atoms with Crippen LogP contribution in [0.5, 0.6) is 0 Å². The average Bonchev–Trinajstić information content (AvgIpc) is 2.27. The van der Waals surface area contributed by atoms with Crippen molar-refractivity contribution < 1.29 is 9.53 Å². The highest BCUT2D eigenvalue weighted by Crippen LogP contribution is 2.14. The molecule has 0 saturated heterocycles. The van der Waals surface area contributed by atoms with E-state index < -0.39 is 12.0 Å². The van der Waals surface area contributed by atoms with Crippen molar-refractivity contribution in [2.24, 2.45) is 0 Å². The van der Waals surface area contributed by atoms with Crippen molar-refractivity contribution in [3.8, 4) is 6.07 Å². The quantitative estimate of drug-likeness (QED) is 0.851. The smallest absolute Gasteiger partial charge is 0.343 e. The van der Waals surface area contributed by atoms with Crippen LogP contribution >= 0.6 is 15.9 Å². The minimum atomic E-state index is -0.976. The van der Waals surface area contributed by atoms with Crippen LogP contribution in [0.15, 0.2) is 28.7 Å². The van der Waals surface area contributed by atoms with E-state index in [2.05, 4.69) is 26.0 Å². The molecule has 0 saturated carbocycles. The van der Waals surface area contributed by atoms with Gasteiger partial charge in [0.1, 0.15) is 0 Å². The van der Waals surface area contributed by atoms with Crippen LogP contribution in [-0.4, -0.2) is 19.1 Å². The molecule has 0 bridgehead atoms. The molecule has 1 atom stereocenters. The van der Waals surface area contributed by atoms with Gasteiger partial charge in [-0.3, -0.25) is 0 Å². The topological polar surface area (TPSA) is 62.1 Å². The van der Waals surface area contributed by atoms with E-state index in [9.17, 15) is 4.79 Å². The van der Waals surface area contributed by atoms with Gasteiger partial charge in [-0.15, -0.1) is 0 Å². The second kappa shape index (κ2) is 5.37. The number of nitrogens with one attached hydrogen (secondary N) is 1. The number of nitriles is 1. The van der Waals surface area contributed by atoms with Crippen molar-refractivity contribution in [2.75, 3.05) is 12.4 Å². The van der Waals surface area contributed by atoms with Crippen molar-refractivity contribution in [2.45, 2.75) is 6.04 Å². The zero-order chi connectivity index (χ0) is 11.3. The van der Waals surface area contributed by atoms with Crippen LogP contribution in [0.4, 0.5) is 5.69 Å². The third-order valence-corrected chi connectivity index (χ3v) is 2.25. The molecule has 1 aromatic carbocycles. The number of carbonyl (C=O) groups is 1. The molecule has 4 nitrogen and oxygen atoms in total. The fourth-order valence-electron chi connectivity index (χ4n) is 0.975. The number of methoxy groups -OCH3 is 1. The molecule has 0 aliphatic heterocycles. The Bertz CT molecular complexity index is 383. The Morgan fingerprint density at radius 2 is 2.13 bits per heavy atom. The Hall–Kier alpha value is -1.54. The molecule has 0 aromatic heterocycles. The standard InChI is InChI=1S/C10H9BrN2O2/c1-15-10(14)9(6-12)13-8-4-2-7(11)3-5-8/h2-5,9,13H,1H3. The molecule has 5 heteroatoms. The number of anilines is 1. The van der Waals surface area contributed by atoms with Gasteiger partial charge in [-0.05, 0) is 24.3 Å². The SMILES string of the molecule is COC(=O)C(C#N)Nc1ccc(Br)cc1. The number of hydrogen-bond acceptors (Lipinski definition) is 4. The van der Waals surface area contributed by atoms with E-state index in [0.717, 1.165) is 4.47 Å². The van der Waals surface area contributed by atoms with Crippen LogP contribution in [0, 0.1) is 11.3 Å². The van der Waals surface area contributed by atoms with Crippen molar-refractivity contribution in [3.63, 3.8) is 0 Å². The van der Waals surface area contributed by atoms with Crippen molar-refractivity contribution in [1.29, 1.82) is 5.26 Å². The number of rotatable bonds is 3. The summed E-state index contributed by atoms with van der Waals surface area (Å²) in [6, 6.07) is 7.99. The molecule has 1 aromatic rings. The van der Waals surface area contributed by atoms with E-state index in [4.69, 9.17) is 5.26 Å². The molecular formula is C10H9BrN2O2. The van der Waals surface area contributed by atoms with Crippen molar-refractivity contribution in [3.05, 3.63) is 28.7 Å². The van der Waals surface area contributed by atoms with Gasteiger partial charge in [0.05, 0.1) is 13.2 Å². The molecule has 0 radical (unpaired) electrons. The van der Waals surface area contributed by atoms with Gasteiger partial charge in [-0.1, -0.05) is 15.9 Å². The number of nitrogens with zero attached hydrogens (tertiary/aromatic N) is 1. The van der Waals surface area contributed by atoms with Crippen LogP contribution in [-0.2, 0) is 9.53 Å². The first-order chi connectivity index (χ1) is 7.17. The summed E-state index contributed by atoms with van der Waals surface area (Å²) in [6.07, 6.45) is 0. The van der Waals surface area contributed by atoms with Gasteiger partial charge < -0.3 is 10.1 Å². The lowest BCUT2D eigenvalue weighted by molar-refractivity contribution is -0.140. The lowest BCUT2D eigenvalue weighted by atomic mass is 10.2. The molecule has 0 aliphatic carbocycles.